The van der Waals surface area contributed by atoms with Crippen LogP contribution in [0.4, 0.5) is 0 Å². The molecule has 5 heteroatoms. The number of nitrogens with one attached hydrogen (secondary N) is 1. The van der Waals surface area contributed by atoms with Gasteiger partial charge in [0.25, 0.3) is 0 Å². The molecule has 15 heavy (non-hydrogen) atoms. The van der Waals surface area contributed by atoms with E-state index in [1.807, 2.05) is 0 Å². The van der Waals surface area contributed by atoms with Crippen molar-refractivity contribution >= 4 is 0 Å². The maximum atomic E-state index is 5.49. The van der Waals surface area contributed by atoms with Crippen LogP contribution in [0.5, 0.6) is 11.9 Å². The van der Waals surface area contributed by atoms with Crippen molar-refractivity contribution in [2.45, 2.75) is 6.42 Å². The lowest BCUT2D eigenvalue weighted by molar-refractivity contribution is 0.237. The number of methoxy groups -OCH3 is 1. The average Bonchev–Trinajstić information content (AvgIpc) is 2.79. The van der Waals surface area contributed by atoms with E-state index in [4.69, 9.17) is 9.47 Å². The Labute approximate surface area is 88.8 Å². The predicted octanol–water partition coefficient (Wildman–Crippen LogP) is 0.473. The molecule has 1 unspecified atom stereocenters. The van der Waals surface area contributed by atoms with Crippen LogP contribution < -0.4 is 14.8 Å². The average molecular weight is 209 g/mol. The van der Waals surface area contributed by atoms with Gasteiger partial charge in [-0.05, 0) is 13.0 Å². The van der Waals surface area contributed by atoms with Gasteiger partial charge in [-0.2, -0.15) is 4.98 Å². The van der Waals surface area contributed by atoms with E-state index in [0.717, 1.165) is 19.5 Å². The van der Waals surface area contributed by atoms with Gasteiger partial charge in [-0.25, -0.2) is 4.98 Å². The van der Waals surface area contributed by atoms with E-state index < -0.39 is 0 Å². The van der Waals surface area contributed by atoms with Gasteiger partial charge in [0.2, 0.25) is 5.88 Å². The highest BCUT2D eigenvalue weighted by Crippen LogP contribution is 2.12. The molecule has 1 N–H and O–H groups in total. The summed E-state index contributed by atoms with van der Waals surface area (Å²) in [5.41, 5.74) is 0. The van der Waals surface area contributed by atoms with E-state index in [9.17, 15) is 0 Å². The van der Waals surface area contributed by atoms with E-state index in [2.05, 4.69) is 15.3 Å². The van der Waals surface area contributed by atoms with Gasteiger partial charge in [0.05, 0.1) is 13.7 Å². The quantitative estimate of drug-likeness (QED) is 0.781. The third-order valence-corrected chi connectivity index (χ3v) is 2.43. The largest absolute Gasteiger partial charge is 0.481 e. The molecule has 1 fully saturated rings. The fourth-order valence-electron chi connectivity index (χ4n) is 1.56. The lowest BCUT2D eigenvalue weighted by Gasteiger charge is -2.09. The number of hydrogen-bond donors (Lipinski definition) is 1. The molecule has 1 aromatic rings. The predicted molar refractivity (Wildman–Crippen MR) is 55.1 cm³/mol. The molecule has 2 heterocycles. The van der Waals surface area contributed by atoms with Crippen LogP contribution in [-0.2, 0) is 0 Å². The van der Waals surface area contributed by atoms with Crippen molar-refractivity contribution in [2.24, 2.45) is 5.92 Å². The first-order valence-electron chi connectivity index (χ1n) is 5.09. The molecule has 1 saturated heterocycles. The summed E-state index contributed by atoms with van der Waals surface area (Å²) in [4.78, 5) is 8.09. The van der Waals surface area contributed by atoms with Crippen LogP contribution in [0, 0.1) is 5.92 Å². The summed E-state index contributed by atoms with van der Waals surface area (Å²) in [5.74, 6) is 1.10. The van der Waals surface area contributed by atoms with Crippen LogP contribution in [0.3, 0.4) is 0 Å². The van der Waals surface area contributed by atoms with Crippen molar-refractivity contribution in [3.63, 3.8) is 0 Å². The van der Waals surface area contributed by atoms with Crippen LogP contribution in [-0.4, -0.2) is 36.8 Å². The smallest absolute Gasteiger partial charge is 0.319 e. The SMILES string of the molecule is COc1ccnc(OCC2CCNC2)n1. The molecule has 0 radical (unpaired) electrons. The lowest BCUT2D eigenvalue weighted by Crippen LogP contribution is -2.16. The molecule has 1 aliphatic rings. The molecule has 1 aromatic heterocycles. The van der Waals surface area contributed by atoms with Gasteiger partial charge < -0.3 is 14.8 Å². The molecule has 1 atom stereocenters. The molecule has 1 aliphatic heterocycles. The van der Waals surface area contributed by atoms with Crippen molar-refractivity contribution in [3.8, 4) is 11.9 Å². The monoisotopic (exact) mass is 209 g/mol. The maximum absolute atomic E-state index is 5.49. The number of hydrogen-bond acceptors (Lipinski definition) is 5. The Hall–Kier alpha value is -1.36. The molecular formula is C10H15N3O2. The highest BCUT2D eigenvalue weighted by Gasteiger charge is 2.15. The molecular weight excluding hydrogens is 194 g/mol. The second kappa shape index (κ2) is 4.93. The first kappa shape index (κ1) is 10.2. The molecule has 0 aliphatic carbocycles. The standard InChI is InChI=1S/C10H15N3O2/c1-14-9-3-5-12-10(13-9)15-7-8-2-4-11-6-8/h3,5,8,11H,2,4,6-7H2,1H3. The first-order chi connectivity index (χ1) is 7.38. The van der Waals surface area contributed by atoms with E-state index in [-0.39, 0.29) is 0 Å². The fourth-order valence-corrected chi connectivity index (χ4v) is 1.56. The van der Waals surface area contributed by atoms with Gasteiger partial charge in [0, 0.05) is 24.7 Å². The molecule has 0 bridgehead atoms. The minimum Gasteiger partial charge on any atom is -0.481 e. The van der Waals surface area contributed by atoms with Crippen molar-refractivity contribution in [1.82, 2.24) is 15.3 Å². The van der Waals surface area contributed by atoms with Gasteiger partial charge in [-0.1, -0.05) is 0 Å². The molecule has 0 aromatic carbocycles. The van der Waals surface area contributed by atoms with Crippen molar-refractivity contribution in [1.29, 1.82) is 0 Å². The zero-order chi connectivity index (χ0) is 10.5. The number of ether oxygens (including phenoxy) is 2. The summed E-state index contributed by atoms with van der Waals surface area (Å²) in [5, 5.41) is 3.29. The summed E-state index contributed by atoms with van der Waals surface area (Å²) >= 11 is 0. The summed E-state index contributed by atoms with van der Waals surface area (Å²) < 4.78 is 10.5. The van der Waals surface area contributed by atoms with E-state index >= 15 is 0 Å². The van der Waals surface area contributed by atoms with Crippen LogP contribution in [0.25, 0.3) is 0 Å². The molecule has 82 valence electrons. The van der Waals surface area contributed by atoms with Gasteiger partial charge >= 0.3 is 6.01 Å². The van der Waals surface area contributed by atoms with Crippen LogP contribution in [0.2, 0.25) is 0 Å². The van der Waals surface area contributed by atoms with Crippen LogP contribution in [0.1, 0.15) is 6.42 Å². The third kappa shape index (κ3) is 2.79. The van der Waals surface area contributed by atoms with Crippen LogP contribution in [0.15, 0.2) is 12.3 Å². The highest BCUT2D eigenvalue weighted by atomic mass is 16.5. The lowest BCUT2D eigenvalue weighted by atomic mass is 10.1. The summed E-state index contributed by atoms with van der Waals surface area (Å²) in [7, 11) is 1.58. The van der Waals surface area contributed by atoms with E-state index in [1.165, 1.54) is 0 Å². The van der Waals surface area contributed by atoms with Crippen LogP contribution >= 0.6 is 0 Å². The highest BCUT2D eigenvalue weighted by molar-refractivity contribution is 5.10. The second-order valence-corrected chi connectivity index (χ2v) is 3.55. The van der Waals surface area contributed by atoms with Crippen molar-refractivity contribution < 1.29 is 9.47 Å². The Morgan fingerprint density at radius 3 is 3.27 bits per heavy atom. The minimum atomic E-state index is 0.390. The topological polar surface area (TPSA) is 56.3 Å². The first-order valence-corrected chi connectivity index (χ1v) is 5.09. The minimum absolute atomic E-state index is 0.390. The molecule has 0 saturated carbocycles. The number of nitrogens with zero attached hydrogens (tertiary/aromatic N) is 2. The van der Waals surface area contributed by atoms with Crippen molar-refractivity contribution in [3.05, 3.63) is 12.3 Å². The molecule has 5 nitrogen and oxygen atoms in total. The zero-order valence-electron chi connectivity index (χ0n) is 8.77. The molecule has 0 spiro atoms. The van der Waals surface area contributed by atoms with E-state index in [0.29, 0.717) is 24.4 Å². The molecule has 0 amide bonds. The fraction of sp³-hybridized carbons (Fsp3) is 0.600. The van der Waals surface area contributed by atoms with Gasteiger partial charge in [0.1, 0.15) is 0 Å². The Balaban J connectivity index is 1.86. The molecule has 2 rings (SSSR count). The third-order valence-electron chi connectivity index (χ3n) is 2.43. The summed E-state index contributed by atoms with van der Waals surface area (Å²) in [6.45, 7) is 2.76. The number of rotatable bonds is 4. The second-order valence-electron chi connectivity index (χ2n) is 3.55. The zero-order valence-corrected chi connectivity index (χ0v) is 8.77. The van der Waals surface area contributed by atoms with E-state index in [1.54, 1.807) is 19.4 Å². The normalized spacial score (nSPS) is 20.2. The Bertz CT molecular complexity index is 313. The summed E-state index contributed by atoms with van der Waals surface area (Å²) in [6.07, 6.45) is 2.79. The van der Waals surface area contributed by atoms with Crippen molar-refractivity contribution in [2.75, 3.05) is 26.8 Å². The Morgan fingerprint density at radius 1 is 1.60 bits per heavy atom. The van der Waals surface area contributed by atoms with Gasteiger partial charge in [-0.15, -0.1) is 0 Å². The Kier molecular flexibility index (Phi) is 3.34. The Morgan fingerprint density at radius 2 is 2.53 bits per heavy atom. The van der Waals surface area contributed by atoms with Gasteiger partial charge in [0.15, 0.2) is 0 Å². The number of aromatic nitrogens is 2. The van der Waals surface area contributed by atoms with Gasteiger partial charge in [-0.3, -0.25) is 0 Å². The maximum Gasteiger partial charge on any atom is 0.319 e. The summed E-state index contributed by atoms with van der Waals surface area (Å²) in [6, 6.07) is 2.09.